The van der Waals surface area contributed by atoms with Gasteiger partial charge in [-0.3, -0.25) is 4.79 Å². The number of amides is 1. The molecule has 0 aliphatic rings. The first-order valence-corrected chi connectivity index (χ1v) is 4.89. The number of carbonyl (C=O) groups is 2. The molecule has 6 heteroatoms. The molecule has 0 aromatic heterocycles. The van der Waals surface area contributed by atoms with Crippen molar-refractivity contribution in [1.82, 2.24) is 0 Å². The number of hydrogen-bond donors (Lipinski definition) is 2. The fourth-order valence-corrected chi connectivity index (χ4v) is 1.16. The third-order valence-electron chi connectivity index (χ3n) is 1.70. The molecule has 0 saturated carbocycles. The van der Waals surface area contributed by atoms with Crippen molar-refractivity contribution in [2.24, 2.45) is 0 Å². The van der Waals surface area contributed by atoms with Crippen molar-refractivity contribution in [3.63, 3.8) is 0 Å². The van der Waals surface area contributed by atoms with Gasteiger partial charge in [0.1, 0.15) is 0 Å². The van der Waals surface area contributed by atoms with Crippen molar-refractivity contribution in [2.75, 3.05) is 11.9 Å². The van der Waals surface area contributed by atoms with E-state index in [4.69, 9.17) is 11.6 Å². The molecule has 5 nitrogen and oxygen atoms in total. The van der Waals surface area contributed by atoms with Crippen molar-refractivity contribution >= 4 is 29.2 Å². The number of ether oxygens (including phenoxy) is 1. The molecule has 86 valence electrons. The molecule has 16 heavy (non-hydrogen) atoms. The van der Waals surface area contributed by atoms with Crippen LogP contribution in [0, 0.1) is 0 Å². The zero-order valence-electron chi connectivity index (χ0n) is 8.49. The Bertz CT molecular complexity index is 419. The summed E-state index contributed by atoms with van der Waals surface area (Å²) >= 11 is 5.62. The van der Waals surface area contributed by atoms with Crippen LogP contribution in [-0.2, 0) is 14.3 Å². The summed E-state index contributed by atoms with van der Waals surface area (Å²) in [7, 11) is 0. The molecule has 1 aromatic rings. The van der Waals surface area contributed by atoms with Crippen molar-refractivity contribution in [3.05, 3.63) is 23.2 Å². The molecule has 0 atom stereocenters. The number of para-hydroxylation sites is 1. The zero-order chi connectivity index (χ0) is 12.1. The second-order valence-electron chi connectivity index (χ2n) is 2.81. The van der Waals surface area contributed by atoms with Crippen LogP contribution in [0.5, 0.6) is 5.75 Å². The fourth-order valence-electron chi connectivity index (χ4n) is 0.986. The number of benzene rings is 1. The molecule has 0 aliphatic heterocycles. The topological polar surface area (TPSA) is 75.6 Å². The number of rotatable bonds is 2. The van der Waals surface area contributed by atoms with Crippen molar-refractivity contribution in [2.45, 2.75) is 6.92 Å². The Labute approximate surface area is 97.0 Å². The van der Waals surface area contributed by atoms with Gasteiger partial charge in [-0.2, -0.15) is 0 Å². The first kappa shape index (κ1) is 12.3. The first-order valence-electron chi connectivity index (χ1n) is 4.51. The molecule has 0 radical (unpaired) electrons. The largest absolute Gasteiger partial charge is 0.504 e. The molecule has 0 unspecified atom stereocenters. The minimum absolute atomic E-state index is 0.0607. The van der Waals surface area contributed by atoms with Gasteiger partial charge in [0.2, 0.25) is 0 Å². The SMILES string of the molecule is CCOC(=O)C(=O)Nc1cccc(Cl)c1O. The lowest BCUT2D eigenvalue weighted by atomic mass is 10.3. The number of esters is 1. The summed E-state index contributed by atoms with van der Waals surface area (Å²) in [6, 6.07) is 4.40. The molecular formula is C10H10ClNO4. The van der Waals surface area contributed by atoms with E-state index in [-0.39, 0.29) is 23.1 Å². The van der Waals surface area contributed by atoms with E-state index in [1.807, 2.05) is 0 Å². The van der Waals surface area contributed by atoms with Crippen LogP contribution in [0.15, 0.2) is 18.2 Å². The number of nitrogens with one attached hydrogen (secondary N) is 1. The number of halogens is 1. The fraction of sp³-hybridized carbons (Fsp3) is 0.200. The van der Waals surface area contributed by atoms with Crippen LogP contribution in [0.25, 0.3) is 0 Å². The van der Waals surface area contributed by atoms with E-state index >= 15 is 0 Å². The second-order valence-corrected chi connectivity index (χ2v) is 3.22. The molecule has 0 saturated heterocycles. The third kappa shape index (κ3) is 2.87. The van der Waals surface area contributed by atoms with E-state index in [1.165, 1.54) is 18.2 Å². The average Bonchev–Trinajstić information content (AvgIpc) is 2.25. The Morgan fingerprint density at radius 1 is 1.50 bits per heavy atom. The number of hydrogen-bond acceptors (Lipinski definition) is 4. The van der Waals surface area contributed by atoms with Crippen LogP contribution < -0.4 is 5.32 Å². The predicted octanol–water partition coefficient (Wildman–Crippen LogP) is 1.55. The highest BCUT2D eigenvalue weighted by Gasteiger charge is 2.16. The monoisotopic (exact) mass is 243 g/mol. The number of carbonyl (C=O) groups excluding carboxylic acids is 2. The van der Waals surface area contributed by atoms with Crippen molar-refractivity contribution < 1.29 is 19.4 Å². The number of phenolic OH excluding ortho intramolecular Hbond substituents is 1. The van der Waals surface area contributed by atoms with Crippen LogP contribution >= 0.6 is 11.6 Å². The first-order chi connectivity index (χ1) is 7.56. The minimum atomic E-state index is -1.01. The van der Waals surface area contributed by atoms with Crippen molar-refractivity contribution in [3.8, 4) is 5.75 Å². The molecule has 2 N–H and O–H groups in total. The van der Waals surface area contributed by atoms with Gasteiger partial charge in [-0.05, 0) is 19.1 Å². The lowest BCUT2D eigenvalue weighted by Gasteiger charge is -2.07. The molecule has 0 fully saturated rings. The lowest BCUT2D eigenvalue weighted by Crippen LogP contribution is -2.25. The summed E-state index contributed by atoms with van der Waals surface area (Å²) in [5, 5.41) is 11.7. The van der Waals surface area contributed by atoms with E-state index < -0.39 is 11.9 Å². The Kier molecular flexibility index (Phi) is 4.13. The van der Waals surface area contributed by atoms with Gasteiger partial charge in [0.05, 0.1) is 17.3 Å². The maximum absolute atomic E-state index is 11.2. The summed E-state index contributed by atoms with van der Waals surface area (Å²) in [4.78, 5) is 22.2. The van der Waals surface area contributed by atoms with Gasteiger partial charge in [-0.15, -0.1) is 0 Å². The molecule has 0 spiro atoms. The molecule has 1 aromatic carbocycles. The van der Waals surface area contributed by atoms with Crippen LogP contribution in [0.3, 0.4) is 0 Å². The average molecular weight is 244 g/mol. The molecule has 0 aliphatic carbocycles. The predicted molar refractivity (Wildman–Crippen MR) is 58.4 cm³/mol. The van der Waals surface area contributed by atoms with E-state index in [9.17, 15) is 14.7 Å². The molecule has 1 amide bonds. The highest BCUT2D eigenvalue weighted by atomic mass is 35.5. The Hall–Kier alpha value is -1.75. The number of aromatic hydroxyl groups is 1. The zero-order valence-corrected chi connectivity index (χ0v) is 9.25. The van der Waals surface area contributed by atoms with Gasteiger partial charge < -0.3 is 15.2 Å². The summed E-state index contributed by atoms with van der Waals surface area (Å²) < 4.78 is 4.48. The highest BCUT2D eigenvalue weighted by molar-refractivity contribution is 6.38. The molecule has 1 rings (SSSR count). The van der Waals surface area contributed by atoms with Gasteiger partial charge >= 0.3 is 11.9 Å². The van der Waals surface area contributed by atoms with Crippen LogP contribution in [0.1, 0.15) is 6.92 Å². The summed E-state index contributed by atoms with van der Waals surface area (Å²) in [6.07, 6.45) is 0. The maximum Gasteiger partial charge on any atom is 0.397 e. The Morgan fingerprint density at radius 2 is 2.19 bits per heavy atom. The Balaban J connectivity index is 2.77. The highest BCUT2D eigenvalue weighted by Crippen LogP contribution is 2.30. The van der Waals surface area contributed by atoms with Gasteiger partial charge in [0.15, 0.2) is 5.75 Å². The summed E-state index contributed by atoms with van der Waals surface area (Å²) in [6.45, 7) is 1.69. The standard InChI is InChI=1S/C10H10ClNO4/c1-2-16-10(15)9(14)12-7-5-3-4-6(11)8(7)13/h3-5,13H,2H2,1H3,(H,12,14). The lowest BCUT2D eigenvalue weighted by molar-refractivity contribution is -0.152. The van der Waals surface area contributed by atoms with Crippen LogP contribution in [0.2, 0.25) is 5.02 Å². The number of phenols is 1. The van der Waals surface area contributed by atoms with Gasteiger partial charge in [-0.1, -0.05) is 17.7 Å². The Morgan fingerprint density at radius 3 is 2.81 bits per heavy atom. The molecular weight excluding hydrogens is 234 g/mol. The van der Waals surface area contributed by atoms with Crippen LogP contribution in [0.4, 0.5) is 5.69 Å². The summed E-state index contributed by atoms with van der Waals surface area (Å²) in [5.74, 6) is -2.26. The second kappa shape index (κ2) is 5.37. The van der Waals surface area contributed by atoms with Gasteiger partial charge in [0, 0.05) is 0 Å². The van der Waals surface area contributed by atoms with Crippen molar-refractivity contribution in [1.29, 1.82) is 0 Å². The minimum Gasteiger partial charge on any atom is -0.504 e. The maximum atomic E-state index is 11.2. The summed E-state index contributed by atoms with van der Waals surface area (Å²) in [5.41, 5.74) is 0.0607. The van der Waals surface area contributed by atoms with E-state index in [2.05, 4.69) is 10.1 Å². The van der Waals surface area contributed by atoms with Gasteiger partial charge in [0.25, 0.3) is 0 Å². The van der Waals surface area contributed by atoms with Gasteiger partial charge in [-0.25, -0.2) is 4.79 Å². The molecule has 0 heterocycles. The quantitative estimate of drug-likeness (QED) is 0.469. The smallest absolute Gasteiger partial charge is 0.397 e. The number of anilines is 1. The van der Waals surface area contributed by atoms with Crippen LogP contribution in [-0.4, -0.2) is 23.6 Å². The normalized spacial score (nSPS) is 9.62. The van der Waals surface area contributed by atoms with E-state index in [0.29, 0.717) is 0 Å². The van der Waals surface area contributed by atoms with E-state index in [0.717, 1.165) is 0 Å². The molecule has 0 bridgehead atoms. The third-order valence-corrected chi connectivity index (χ3v) is 2.00. The van der Waals surface area contributed by atoms with E-state index in [1.54, 1.807) is 6.92 Å².